The minimum atomic E-state index is -0.446. The van der Waals surface area contributed by atoms with Gasteiger partial charge in [0.05, 0.1) is 17.6 Å². The largest absolute Gasteiger partial charge is 0.399 e. The summed E-state index contributed by atoms with van der Waals surface area (Å²) < 4.78 is 29.1. The van der Waals surface area contributed by atoms with Crippen LogP contribution in [0.25, 0.3) is 11.0 Å². The molecule has 0 aliphatic rings. The normalized spacial score (nSPS) is 11.2. The summed E-state index contributed by atoms with van der Waals surface area (Å²) in [5, 5.41) is 0. The predicted molar refractivity (Wildman–Crippen MR) is 79.0 cm³/mol. The number of halogens is 2. The molecule has 0 unspecified atom stereocenters. The molecule has 1 heterocycles. The minimum Gasteiger partial charge on any atom is -0.399 e. The van der Waals surface area contributed by atoms with Crippen LogP contribution in [-0.2, 0) is 13.0 Å². The summed E-state index contributed by atoms with van der Waals surface area (Å²) in [7, 11) is 0. The third kappa shape index (κ3) is 2.46. The highest BCUT2D eigenvalue weighted by Gasteiger charge is 2.12. The molecule has 0 fully saturated rings. The number of aromatic nitrogens is 2. The Morgan fingerprint density at radius 1 is 1.14 bits per heavy atom. The van der Waals surface area contributed by atoms with Crippen LogP contribution in [0.1, 0.15) is 18.3 Å². The fourth-order valence-electron chi connectivity index (χ4n) is 2.48. The highest BCUT2D eigenvalue weighted by atomic mass is 19.1. The number of rotatable bonds is 3. The van der Waals surface area contributed by atoms with Crippen molar-refractivity contribution in [2.24, 2.45) is 0 Å². The monoisotopic (exact) mass is 287 g/mol. The minimum absolute atomic E-state index is 0.243. The van der Waals surface area contributed by atoms with Crippen molar-refractivity contribution >= 4 is 16.7 Å². The Labute approximate surface area is 121 Å². The van der Waals surface area contributed by atoms with E-state index in [0.29, 0.717) is 17.7 Å². The van der Waals surface area contributed by atoms with Crippen LogP contribution in [-0.4, -0.2) is 9.55 Å². The maximum Gasteiger partial charge on any atom is 0.128 e. The third-order valence-corrected chi connectivity index (χ3v) is 3.50. The molecule has 0 spiro atoms. The molecular formula is C16H15F2N3. The number of nitrogens with two attached hydrogens (primary N) is 1. The molecule has 1 aromatic heterocycles. The van der Waals surface area contributed by atoms with Gasteiger partial charge in [-0.25, -0.2) is 13.8 Å². The molecule has 3 nitrogen and oxygen atoms in total. The number of benzene rings is 2. The van der Waals surface area contributed by atoms with Crippen LogP contribution in [0.3, 0.4) is 0 Å². The SMILES string of the molecule is CCc1nc2cc(N)ccc2n1Cc1cc(F)ccc1F. The van der Waals surface area contributed by atoms with Crippen molar-refractivity contribution in [3.05, 3.63) is 59.4 Å². The zero-order chi connectivity index (χ0) is 15.0. The number of hydrogen-bond acceptors (Lipinski definition) is 2. The number of aryl methyl sites for hydroxylation is 1. The predicted octanol–water partition coefficient (Wildman–Crippen LogP) is 3.51. The van der Waals surface area contributed by atoms with E-state index in [1.54, 1.807) is 12.1 Å². The van der Waals surface area contributed by atoms with Gasteiger partial charge in [0.1, 0.15) is 17.5 Å². The number of fused-ring (bicyclic) bond motifs is 1. The van der Waals surface area contributed by atoms with Gasteiger partial charge in [-0.2, -0.15) is 0 Å². The molecular weight excluding hydrogens is 272 g/mol. The fourth-order valence-corrected chi connectivity index (χ4v) is 2.48. The highest BCUT2D eigenvalue weighted by Crippen LogP contribution is 2.22. The number of nitrogens with zero attached hydrogens (tertiary/aromatic N) is 2. The first-order valence-corrected chi connectivity index (χ1v) is 6.77. The van der Waals surface area contributed by atoms with E-state index in [4.69, 9.17) is 5.73 Å². The topological polar surface area (TPSA) is 43.8 Å². The average molecular weight is 287 g/mol. The lowest BCUT2D eigenvalue weighted by Gasteiger charge is -2.09. The van der Waals surface area contributed by atoms with E-state index in [2.05, 4.69) is 4.98 Å². The summed E-state index contributed by atoms with van der Waals surface area (Å²) in [5.41, 5.74) is 8.33. The van der Waals surface area contributed by atoms with Crippen molar-refractivity contribution in [1.29, 1.82) is 0 Å². The molecule has 0 atom stereocenters. The van der Waals surface area contributed by atoms with Gasteiger partial charge in [-0.3, -0.25) is 0 Å². The second-order valence-electron chi connectivity index (χ2n) is 4.95. The van der Waals surface area contributed by atoms with Gasteiger partial charge >= 0.3 is 0 Å². The van der Waals surface area contributed by atoms with Gasteiger partial charge in [0.15, 0.2) is 0 Å². The molecule has 0 aliphatic carbocycles. The maximum atomic E-state index is 13.8. The van der Waals surface area contributed by atoms with Crippen LogP contribution >= 0.6 is 0 Å². The molecule has 0 aliphatic heterocycles. The maximum absolute atomic E-state index is 13.8. The van der Waals surface area contributed by atoms with Crippen LogP contribution in [0, 0.1) is 11.6 Å². The Balaban J connectivity index is 2.13. The lowest BCUT2D eigenvalue weighted by molar-refractivity contribution is 0.576. The van der Waals surface area contributed by atoms with Crippen molar-refractivity contribution in [1.82, 2.24) is 9.55 Å². The van der Waals surface area contributed by atoms with E-state index in [1.165, 1.54) is 6.07 Å². The van der Waals surface area contributed by atoms with Gasteiger partial charge in [-0.15, -0.1) is 0 Å². The Bertz CT molecular complexity index is 809. The van der Waals surface area contributed by atoms with Gasteiger partial charge < -0.3 is 10.3 Å². The lowest BCUT2D eigenvalue weighted by atomic mass is 10.2. The molecule has 0 saturated heterocycles. The van der Waals surface area contributed by atoms with E-state index in [-0.39, 0.29) is 6.54 Å². The first kappa shape index (κ1) is 13.5. The highest BCUT2D eigenvalue weighted by molar-refractivity contribution is 5.79. The second kappa shape index (κ2) is 5.16. The quantitative estimate of drug-likeness (QED) is 0.749. The Morgan fingerprint density at radius 2 is 1.95 bits per heavy atom. The van der Waals surface area contributed by atoms with Gasteiger partial charge in [-0.05, 0) is 36.4 Å². The van der Waals surface area contributed by atoms with E-state index in [9.17, 15) is 8.78 Å². The summed E-state index contributed by atoms with van der Waals surface area (Å²) >= 11 is 0. The third-order valence-electron chi connectivity index (χ3n) is 3.50. The molecule has 3 rings (SSSR count). The summed E-state index contributed by atoms with van der Waals surface area (Å²) in [6.45, 7) is 2.22. The molecule has 21 heavy (non-hydrogen) atoms. The molecule has 2 N–H and O–H groups in total. The molecule has 0 saturated carbocycles. The Hall–Kier alpha value is -2.43. The number of anilines is 1. The fraction of sp³-hybridized carbons (Fsp3) is 0.188. The number of imidazole rings is 1. The molecule has 0 amide bonds. The first-order chi connectivity index (χ1) is 10.1. The van der Waals surface area contributed by atoms with E-state index in [1.807, 2.05) is 17.6 Å². The van der Waals surface area contributed by atoms with Crippen molar-refractivity contribution < 1.29 is 8.78 Å². The first-order valence-electron chi connectivity index (χ1n) is 6.77. The Morgan fingerprint density at radius 3 is 2.71 bits per heavy atom. The van der Waals surface area contributed by atoms with Gasteiger partial charge in [0.2, 0.25) is 0 Å². The summed E-state index contributed by atoms with van der Waals surface area (Å²) in [6, 6.07) is 8.90. The van der Waals surface area contributed by atoms with E-state index in [0.717, 1.165) is 29.0 Å². The average Bonchev–Trinajstić information content (AvgIpc) is 2.80. The molecule has 5 heteroatoms. The molecule has 3 aromatic rings. The second-order valence-corrected chi connectivity index (χ2v) is 4.95. The van der Waals surface area contributed by atoms with Crippen molar-refractivity contribution in [2.45, 2.75) is 19.9 Å². The van der Waals surface area contributed by atoms with Gasteiger partial charge in [-0.1, -0.05) is 6.92 Å². The van der Waals surface area contributed by atoms with Crippen molar-refractivity contribution in [2.75, 3.05) is 5.73 Å². The smallest absolute Gasteiger partial charge is 0.128 e. The summed E-state index contributed by atoms with van der Waals surface area (Å²) in [6.07, 6.45) is 0.700. The van der Waals surface area contributed by atoms with Crippen molar-refractivity contribution in [3.63, 3.8) is 0 Å². The molecule has 2 aromatic carbocycles. The van der Waals surface area contributed by atoms with Crippen molar-refractivity contribution in [3.8, 4) is 0 Å². The van der Waals surface area contributed by atoms with Crippen LogP contribution in [0.4, 0.5) is 14.5 Å². The Kier molecular flexibility index (Phi) is 3.33. The molecule has 0 bridgehead atoms. The zero-order valence-corrected chi connectivity index (χ0v) is 11.6. The molecule has 0 radical (unpaired) electrons. The number of nitrogen functional groups attached to an aromatic ring is 1. The van der Waals surface area contributed by atoms with Crippen LogP contribution < -0.4 is 5.73 Å². The zero-order valence-electron chi connectivity index (χ0n) is 11.6. The van der Waals surface area contributed by atoms with Crippen LogP contribution in [0.5, 0.6) is 0 Å². The van der Waals surface area contributed by atoms with Gasteiger partial charge in [0.25, 0.3) is 0 Å². The summed E-state index contributed by atoms with van der Waals surface area (Å²) in [4.78, 5) is 4.51. The standard InChI is InChI=1S/C16H15F2N3/c1-2-16-20-14-8-12(19)4-6-15(14)21(16)9-10-7-11(17)3-5-13(10)18/h3-8H,2,9,19H2,1H3. The van der Waals surface area contributed by atoms with E-state index >= 15 is 0 Å². The van der Waals surface area contributed by atoms with E-state index < -0.39 is 11.6 Å². The van der Waals surface area contributed by atoms with Gasteiger partial charge in [0, 0.05) is 17.7 Å². The molecule has 108 valence electrons. The lowest BCUT2D eigenvalue weighted by Crippen LogP contribution is -2.06. The number of hydrogen-bond donors (Lipinski definition) is 1. The summed E-state index contributed by atoms with van der Waals surface area (Å²) in [5.74, 6) is -0.0480. The van der Waals surface area contributed by atoms with Crippen LogP contribution in [0.2, 0.25) is 0 Å². The van der Waals surface area contributed by atoms with Crippen LogP contribution in [0.15, 0.2) is 36.4 Å².